The van der Waals surface area contributed by atoms with Gasteiger partial charge in [-0.15, -0.1) is 0 Å². The van der Waals surface area contributed by atoms with Crippen molar-refractivity contribution >= 4 is 21.6 Å². The number of piperidine rings is 1. The van der Waals surface area contributed by atoms with Crippen molar-refractivity contribution in [3.63, 3.8) is 0 Å². The smallest absolute Gasteiger partial charge is 0.243 e. The monoisotopic (exact) mass is 462 g/mol. The fourth-order valence-electron chi connectivity index (χ4n) is 3.67. The van der Waals surface area contributed by atoms with E-state index in [2.05, 4.69) is 5.32 Å². The third kappa shape index (κ3) is 5.52. The van der Waals surface area contributed by atoms with Crippen molar-refractivity contribution in [2.75, 3.05) is 39.2 Å². The summed E-state index contributed by atoms with van der Waals surface area (Å²) in [6, 6.07) is 9.81. The second-order valence-electron chi connectivity index (χ2n) is 7.46. The third-order valence-electron chi connectivity index (χ3n) is 5.32. The first-order chi connectivity index (χ1) is 15.4. The van der Waals surface area contributed by atoms with Crippen LogP contribution in [0.2, 0.25) is 0 Å². The number of carbonyl (C=O) groups is 1. The number of anilines is 1. The van der Waals surface area contributed by atoms with Crippen LogP contribution in [0.3, 0.4) is 0 Å². The lowest BCUT2D eigenvalue weighted by Gasteiger charge is -2.26. The van der Waals surface area contributed by atoms with Gasteiger partial charge in [0.05, 0.1) is 37.8 Å². The Morgan fingerprint density at radius 1 is 1.00 bits per heavy atom. The number of benzene rings is 2. The number of methoxy groups -OCH3 is 2. The molecule has 8 nitrogen and oxygen atoms in total. The highest BCUT2D eigenvalue weighted by Gasteiger charge is 2.27. The predicted octanol–water partition coefficient (Wildman–Crippen LogP) is 3.46. The Hall–Kier alpha value is -2.78. The van der Waals surface area contributed by atoms with E-state index < -0.39 is 10.0 Å². The van der Waals surface area contributed by atoms with Crippen LogP contribution in [0, 0.1) is 0 Å². The number of nitrogens with one attached hydrogen (secondary N) is 1. The molecule has 0 aromatic heterocycles. The van der Waals surface area contributed by atoms with Crippen LogP contribution in [-0.4, -0.2) is 52.5 Å². The zero-order valence-corrected chi connectivity index (χ0v) is 19.5. The number of hydrogen-bond acceptors (Lipinski definition) is 6. The zero-order valence-electron chi connectivity index (χ0n) is 18.7. The van der Waals surface area contributed by atoms with Gasteiger partial charge in [0.15, 0.2) is 0 Å². The molecule has 1 amide bonds. The molecule has 2 aromatic carbocycles. The average Bonchev–Trinajstić information content (AvgIpc) is 2.81. The van der Waals surface area contributed by atoms with Crippen LogP contribution in [-0.2, 0) is 21.2 Å². The van der Waals surface area contributed by atoms with Crippen LogP contribution in [0.15, 0.2) is 41.3 Å². The maximum atomic E-state index is 13.1. The molecular formula is C23H30N2O6S. The summed E-state index contributed by atoms with van der Waals surface area (Å²) in [6.07, 6.45) is 2.78. The summed E-state index contributed by atoms with van der Waals surface area (Å²) in [5.41, 5.74) is 1.00. The van der Waals surface area contributed by atoms with Crippen LogP contribution in [0.1, 0.15) is 31.7 Å². The molecule has 0 saturated carbocycles. The highest BCUT2D eigenvalue weighted by atomic mass is 32.2. The van der Waals surface area contributed by atoms with Gasteiger partial charge >= 0.3 is 0 Å². The van der Waals surface area contributed by atoms with Gasteiger partial charge < -0.3 is 19.5 Å². The third-order valence-corrected chi connectivity index (χ3v) is 7.22. The topological polar surface area (TPSA) is 94.2 Å². The van der Waals surface area contributed by atoms with Crippen molar-refractivity contribution in [3.05, 3.63) is 42.0 Å². The summed E-state index contributed by atoms with van der Waals surface area (Å²) in [4.78, 5) is 12.9. The predicted molar refractivity (Wildman–Crippen MR) is 122 cm³/mol. The fourth-order valence-corrected chi connectivity index (χ4v) is 5.21. The van der Waals surface area contributed by atoms with Crippen LogP contribution < -0.4 is 19.5 Å². The van der Waals surface area contributed by atoms with Crippen molar-refractivity contribution in [1.29, 1.82) is 0 Å². The van der Waals surface area contributed by atoms with Gasteiger partial charge in [0.1, 0.15) is 17.2 Å². The molecule has 1 aliphatic heterocycles. The minimum atomic E-state index is -3.64. The van der Waals surface area contributed by atoms with Crippen LogP contribution in [0.4, 0.5) is 5.69 Å². The van der Waals surface area contributed by atoms with E-state index in [0.29, 0.717) is 48.2 Å². The molecule has 0 aliphatic carbocycles. The molecule has 0 spiro atoms. The number of hydrogen-bond donors (Lipinski definition) is 1. The lowest BCUT2D eigenvalue weighted by atomic mass is 10.1. The van der Waals surface area contributed by atoms with Crippen molar-refractivity contribution in [2.24, 2.45) is 0 Å². The van der Waals surface area contributed by atoms with Gasteiger partial charge in [-0.05, 0) is 44.0 Å². The summed E-state index contributed by atoms with van der Waals surface area (Å²) in [5.74, 6) is 1.26. The number of rotatable bonds is 9. The van der Waals surface area contributed by atoms with E-state index in [-0.39, 0.29) is 17.2 Å². The van der Waals surface area contributed by atoms with Crippen LogP contribution >= 0.6 is 0 Å². The first-order valence-corrected chi connectivity index (χ1v) is 12.1. The van der Waals surface area contributed by atoms with Gasteiger partial charge in [-0.25, -0.2) is 8.42 Å². The second-order valence-corrected chi connectivity index (χ2v) is 9.40. The van der Waals surface area contributed by atoms with Crippen molar-refractivity contribution in [3.8, 4) is 17.2 Å². The van der Waals surface area contributed by atoms with Gasteiger partial charge in [0.25, 0.3) is 0 Å². The maximum Gasteiger partial charge on any atom is 0.243 e. The Morgan fingerprint density at radius 3 is 2.41 bits per heavy atom. The normalized spacial score (nSPS) is 14.6. The second kappa shape index (κ2) is 10.7. The number of carbonyl (C=O) groups excluding carboxylic acids is 1. The summed E-state index contributed by atoms with van der Waals surface area (Å²) >= 11 is 0. The Morgan fingerprint density at radius 2 is 1.75 bits per heavy atom. The van der Waals surface area contributed by atoms with Gasteiger partial charge in [0.2, 0.25) is 15.9 Å². The van der Waals surface area contributed by atoms with Gasteiger partial charge in [-0.1, -0.05) is 12.5 Å². The molecule has 1 fully saturated rings. The van der Waals surface area contributed by atoms with Gasteiger partial charge in [-0.2, -0.15) is 4.31 Å². The van der Waals surface area contributed by atoms with Crippen LogP contribution in [0.5, 0.6) is 17.2 Å². The quantitative estimate of drug-likeness (QED) is 0.613. The SMILES string of the molecule is CCOc1ccc(S(=O)(=O)N2CCCCC2)cc1NC(=O)Cc1ccc(OC)cc1OC. The van der Waals surface area contributed by atoms with Gasteiger partial charge in [0, 0.05) is 24.7 Å². The Balaban J connectivity index is 1.84. The molecule has 0 unspecified atom stereocenters. The van der Waals surface area contributed by atoms with Crippen molar-refractivity contribution in [1.82, 2.24) is 4.31 Å². The van der Waals surface area contributed by atoms with Crippen molar-refractivity contribution < 1.29 is 27.4 Å². The molecule has 1 N–H and O–H groups in total. The summed E-state index contributed by atoms with van der Waals surface area (Å²) in [5, 5.41) is 2.81. The lowest BCUT2D eigenvalue weighted by molar-refractivity contribution is -0.115. The molecule has 32 heavy (non-hydrogen) atoms. The molecule has 9 heteroatoms. The zero-order chi connectivity index (χ0) is 23.1. The van der Waals surface area contributed by atoms with E-state index in [1.54, 1.807) is 31.4 Å². The molecule has 174 valence electrons. The largest absolute Gasteiger partial charge is 0.497 e. The summed E-state index contributed by atoms with van der Waals surface area (Å²) < 4.78 is 43.8. The minimum absolute atomic E-state index is 0.0435. The lowest BCUT2D eigenvalue weighted by Crippen LogP contribution is -2.35. The number of ether oxygens (including phenoxy) is 3. The molecule has 3 rings (SSSR count). The molecule has 1 saturated heterocycles. The molecule has 1 aliphatic rings. The molecule has 0 atom stereocenters. The Kier molecular flexibility index (Phi) is 7.98. The van der Waals surface area contributed by atoms with Crippen molar-refractivity contribution in [2.45, 2.75) is 37.5 Å². The van der Waals surface area contributed by atoms with Gasteiger partial charge in [-0.3, -0.25) is 4.79 Å². The van der Waals surface area contributed by atoms with E-state index >= 15 is 0 Å². The maximum absolute atomic E-state index is 13.1. The van der Waals surface area contributed by atoms with E-state index in [9.17, 15) is 13.2 Å². The number of sulfonamides is 1. The Labute approximate surface area is 189 Å². The summed E-state index contributed by atoms with van der Waals surface area (Å²) in [7, 11) is -0.554. The molecular weight excluding hydrogens is 432 g/mol. The van der Waals surface area contributed by atoms with E-state index in [4.69, 9.17) is 14.2 Å². The highest BCUT2D eigenvalue weighted by molar-refractivity contribution is 7.89. The number of nitrogens with zero attached hydrogens (tertiary/aromatic N) is 1. The average molecular weight is 463 g/mol. The van der Waals surface area contributed by atoms with Crippen LogP contribution in [0.25, 0.3) is 0 Å². The fraction of sp³-hybridized carbons (Fsp3) is 0.435. The van der Waals surface area contributed by atoms with E-state index in [1.165, 1.54) is 23.5 Å². The highest BCUT2D eigenvalue weighted by Crippen LogP contribution is 2.31. The number of amides is 1. The summed E-state index contributed by atoms with van der Waals surface area (Å²) in [6.45, 7) is 3.22. The first-order valence-electron chi connectivity index (χ1n) is 10.7. The standard InChI is InChI=1S/C23H30N2O6S/c1-4-31-21-11-10-19(32(27,28)25-12-6-5-7-13-25)16-20(21)24-23(26)14-17-8-9-18(29-2)15-22(17)30-3/h8-11,15-16H,4-7,12-14H2,1-3H3,(H,24,26). The van der Waals surface area contributed by atoms with E-state index in [0.717, 1.165) is 19.3 Å². The van der Waals surface area contributed by atoms with E-state index in [1.807, 2.05) is 6.92 Å². The molecule has 2 aromatic rings. The molecule has 0 radical (unpaired) electrons. The molecule has 0 bridgehead atoms. The Bertz CT molecular complexity index is 1050. The molecule has 1 heterocycles. The first kappa shape index (κ1) is 23.9. The minimum Gasteiger partial charge on any atom is -0.497 e.